The molecule has 0 aliphatic heterocycles. The Kier molecular flexibility index (Phi) is 4.92. The molecule has 0 saturated carbocycles. The van der Waals surface area contributed by atoms with Crippen LogP contribution in [0, 0.1) is 10.1 Å². The van der Waals surface area contributed by atoms with E-state index >= 15 is 0 Å². The molecule has 0 atom stereocenters. The van der Waals surface area contributed by atoms with Crippen molar-refractivity contribution in [3.8, 4) is 11.5 Å². The standard InChI is InChI=1S/C15H14N2O5/c1-21-14-4-2-3-12(9-16-18)15(14)22-10-11-5-7-13(8-6-11)17(19)20/h2-9,18H,10H2,1H3/b16-9-. The highest BCUT2D eigenvalue weighted by molar-refractivity contribution is 5.84. The first-order valence-electron chi connectivity index (χ1n) is 6.36. The van der Waals surface area contributed by atoms with E-state index in [0.29, 0.717) is 17.1 Å². The second kappa shape index (κ2) is 7.07. The van der Waals surface area contributed by atoms with Gasteiger partial charge in [-0.15, -0.1) is 0 Å². The number of hydrogen-bond donors (Lipinski definition) is 1. The molecule has 114 valence electrons. The average molecular weight is 302 g/mol. The molecule has 2 aromatic carbocycles. The van der Waals surface area contributed by atoms with Crippen molar-refractivity contribution in [1.82, 2.24) is 0 Å². The van der Waals surface area contributed by atoms with E-state index < -0.39 is 4.92 Å². The molecular formula is C15H14N2O5. The second-order valence-electron chi connectivity index (χ2n) is 4.34. The lowest BCUT2D eigenvalue weighted by Crippen LogP contribution is -2.01. The van der Waals surface area contributed by atoms with E-state index in [0.717, 1.165) is 5.56 Å². The van der Waals surface area contributed by atoms with Crippen molar-refractivity contribution in [3.63, 3.8) is 0 Å². The molecule has 0 spiro atoms. The Morgan fingerprint density at radius 3 is 2.59 bits per heavy atom. The van der Waals surface area contributed by atoms with Crippen LogP contribution >= 0.6 is 0 Å². The van der Waals surface area contributed by atoms with Crippen LogP contribution in [0.5, 0.6) is 11.5 Å². The van der Waals surface area contributed by atoms with Crippen molar-refractivity contribution in [2.45, 2.75) is 6.61 Å². The van der Waals surface area contributed by atoms with Gasteiger partial charge in [-0.3, -0.25) is 10.1 Å². The van der Waals surface area contributed by atoms with E-state index in [-0.39, 0.29) is 12.3 Å². The lowest BCUT2D eigenvalue weighted by atomic mass is 10.2. The first-order chi connectivity index (χ1) is 10.7. The molecule has 0 unspecified atom stereocenters. The fourth-order valence-electron chi connectivity index (χ4n) is 1.88. The van der Waals surface area contributed by atoms with E-state index in [2.05, 4.69) is 5.16 Å². The number of ether oxygens (including phenoxy) is 2. The predicted octanol–water partition coefficient (Wildman–Crippen LogP) is 2.99. The smallest absolute Gasteiger partial charge is 0.269 e. The number of methoxy groups -OCH3 is 1. The number of para-hydroxylation sites is 1. The number of nitro benzene ring substituents is 1. The van der Waals surface area contributed by atoms with Crippen LogP contribution in [0.25, 0.3) is 0 Å². The maximum absolute atomic E-state index is 10.6. The Bertz CT molecular complexity index is 683. The molecule has 1 N–H and O–H groups in total. The minimum absolute atomic E-state index is 0.0224. The number of benzene rings is 2. The number of hydrogen-bond acceptors (Lipinski definition) is 6. The number of oxime groups is 1. The van der Waals surface area contributed by atoms with Crippen molar-refractivity contribution >= 4 is 11.9 Å². The summed E-state index contributed by atoms with van der Waals surface area (Å²) in [5.41, 5.74) is 1.35. The maximum atomic E-state index is 10.6. The molecule has 0 aliphatic rings. The Hall–Kier alpha value is -3.09. The fraction of sp³-hybridized carbons (Fsp3) is 0.133. The van der Waals surface area contributed by atoms with Gasteiger partial charge < -0.3 is 14.7 Å². The normalized spacial score (nSPS) is 10.6. The summed E-state index contributed by atoms with van der Waals surface area (Å²) < 4.78 is 10.9. The highest BCUT2D eigenvalue weighted by atomic mass is 16.6. The molecule has 0 heterocycles. The minimum Gasteiger partial charge on any atom is -0.493 e. The molecule has 2 rings (SSSR count). The van der Waals surface area contributed by atoms with Gasteiger partial charge in [0.1, 0.15) is 6.61 Å². The summed E-state index contributed by atoms with van der Waals surface area (Å²) in [6.45, 7) is 0.199. The summed E-state index contributed by atoms with van der Waals surface area (Å²) in [4.78, 5) is 10.2. The van der Waals surface area contributed by atoms with Crippen molar-refractivity contribution in [3.05, 3.63) is 63.7 Å². The summed E-state index contributed by atoms with van der Waals surface area (Å²) >= 11 is 0. The van der Waals surface area contributed by atoms with Gasteiger partial charge in [0.2, 0.25) is 0 Å². The molecule has 0 fully saturated rings. The monoisotopic (exact) mass is 302 g/mol. The lowest BCUT2D eigenvalue weighted by Gasteiger charge is -2.13. The van der Waals surface area contributed by atoms with Crippen LogP contribution in [0.2, 0.25) is 0 Å². The lowest BCUT2D eigenvalue weighted by molar-refractivity contribution is -0.384. The first kappa shape index (κ1) is 15.3. The van der Waals surface area contributed by atoms with Crippen LogP contribution < -0.4 is 9.47 Å². The van der Waals surface area contributed by atoms with Crippen LogP contribution in [0.15, 0.2) is 47.6 Å². The first-order valence-corrected chi connectivity index (χ1v) is 6.36. The van der Waals surface area contributed by atoms with Crippen molar-refractivity contribution < 1.29 is 19.6 Å². The van der Waals surface area contributed by atoms with E-state index in [4.69, 9.17) is 14.7 Å². The molecule has 0 bridgehead atoms. The van der Waals surface area contributed by atoms with Gasteiger partial charge in [0.05, 0.1) is 18.2 Å². The van der Waals surface area contributed by atoms with Crippen molar-refractivity contribution in [2.24, 2.45) is 5.16 Å². The summed E-state index contributed by atoms with van der Waals surface area (Å²) in [7, 11) is 1.51. The minimum atomic E-state index is -0.458. The molecule has 0 radical (unpaired) electrons. The van der Waals surface area contributed by atoms with E-state index in [9.17, 15) is 10.1 Å². The Morgan fingerprint density at radius 2 is 2.00 bits per heavy atom. The third-order valence-electron chi connectivity index (χ3n) is 2.96. The molecule has 0 aromatic heterocycles. The van der Waals surface area contributed by atoms with E-state index in [1.807, 2.05) is 0 Å². The number of nitrogens with zero attached hydrogens (tertiary/aromatic N) is 2. The summed E-state index contributed by atoms with van der Waals surface area (Å²) in [6.07, 6.45) is 1.24. The van der Waals surface area contributed by atoms with Crippen molar-refractivity contribution in [2.75, 3.05) is 7.11 Å². The van der Waals surface area contributed by atoms with E-state index in [1.165, 1.54) is 25.5 Å². The van der Waals surface area contributed by atoms with Gasteiger partial charge in [-0.2, -0.15) is 0 Å². The molecular weight excluding hydrogens is 288 g/mol. The molecule has 7 nitrogen and oxygen atoms in total. The van der Waals surface area contributed by atoms with Gasteiger partial charge in [-0.1, -0.05) is 11.2 Å². The van der Waals surface area contributed by atoms with Gasteiger partial charge in [-0.05, 0) is 29.8 Å². The average Bonchev–Trinajstić information content (AvgIpc) is 2.54. The van der Waals surface area contributed by atoms with Gasteiger partial charge >= 0.3 is 0 Å². The number of non-ortho nitro benzene ring substituents is 1. The zero-order valence-corrected chi connectivity index (χ0v) is 11.8. The number of nitro groups is 1. The fourth-order valence-corrected chi connectivity index (χ4v) is 1.88. The molecule has 0 saturated heterocycles. The van der Waals surface area contributed by atoms with Crippen LogP contribution in [0.3, 0.4) is 0 Å². The highest BCUT2D eigenvalue weighted by Crippen LogP contribution is 2.31. The molecule has 7 heteroatoms. The quantitative estimate of drug-likeness (QED) is 0.383. The topological polar surface area (TPSA) is 94.2 Å². The van der Waals surface area contributed by atoms with Crippen LogP contribution in [0.1, 0.15) is 11.1 Å². The third kappa shape index (κ3) is 3.51. The molecule has 0 amide bonds. The maximum Gasteiger partial charge on any atom is 0.269 e. The zero-order valence-electron chi connectivity index (χ0n) is 11.8. The SMILES string of the molecule is COc1cccc(/C=N\O)c1OCc1ccc([N+](=O)[O-])cc1. The Labute approximate surface area is 126 Å². The van der Waals surface area contributed by atoms with Gasteiger partial charge in [0, 0.05) is 17.7 Å². The molecule has 2 aromatic rings. The van der Waals surface area contributed by atoms with Crippen LogP contribution in [0.4, 0.5) is 5.69 Å². The zero-order chi connectivity index (χ0) is 15.9. The number of rotatable bonds is 6. The largest absolute Gasteiger partial charge is 0.493 e. The third-order valence-corrected chi connectivity index (χ3v) is 2.96. The molecule has 22 heavy (non-hydrogen) atoms. The summed E-state index contributed by atoms with van der Waals surface area (Å²) in [5, 5.41) is 22.3. The van der Waals surface area contributed by atoms with Gasteiger partial charge in [-0.25, -0.2) is 0 Å². The summed E-state index contributed by atoms with van der Waals surface area (Å²) in [5.74, 6) is 0.931. The van der Waals surface area contributed by atoms with E-state index in [1.54, 1.807) is 30.3 Å². The highest BCUT2D eigenvalue weighted by Gasteiger charge is 2.10. The van der Waals surface area contributed by atoms with Crippen LogP contribution in [-0.4, -0.2) is 23.5 Å². The second-order valence-corrected chi connectivity index (χ2v) is 4.34. The van der Waals surface area contributed by atoms with Gasteiger partial charge in [0.25, 0.3) is 5.69 Å². The summed E-state index contributed by atoms with van der Waals surface area (Å²) in [6, 6.07) is 11.2. The van der Waals surface area contributed by atoms with Gasteiger partial charge in [0.15, 0.2) is 11.5 Å². The van der Waals surface area contributed by atoms with Crippen LogP contribution in [-0.2, 0) is 6.61 Å². The molecule has 0 aliphatic carbocycles. The Morgan fingerprint density at radius 1 is 1.27 bits per heavy atom. The Balaban J connectivity index is 2.18. The predicted molar refractivity (Wildman–Crippen MR) is 79.8 cm³/mol. The van der Waals surface area contributed by atoms with Crippen molar-refractivity contribution in [1.29, 1.82) is 0 Å².